The molecule has 0 spiro atoms. The zero-order chi connectivity index (χ0) is 24.2. The van der Waals surface area contributed by atoms with E-state index >= 15 is 0 Å². The molecule has 3 aliphatic rings. The van der Waals surface area contributed by atoms with Crippen molar-refractivity contribution in [2.24, 2.45) is 0 Å². The highest BCUT2D eigenvalue weighted by molar-refractivity contribution is 6.04. The number of carbonyl (C=O) groups excluding carboxylic acids is 2. The number of ether oxygens (including phenoxy) is 2. The lowest BCUT2D eigenvalue weighted by Crippen LogP contribution is -2.35. The van der Waals surface area contributed by atoms with Crippen LogP contribution in [0.4, 0.5) is 0 Å². The van der Waals surface area contributed by atoms with Crippen LogP contribution in [0.25, 0.3) is 0 Å². The molecule has 5 nitrogen and oxygen atoms in total. The highest BCUT2D eigenvalue weighted by atomic mass is 16.5. The Morgan fingerprint density at radius 3 is 2.49 bits per heavy atom. The molecule has 1 N–H and O–H groups in total. The van der Waals surface area contributed by atoms with E-state index in [1.807, 2.05) is 61.5 Å². The van der Waals surface area contributed by atoms with Gasteiger partial charge in [-0.25, -0.2) is 4.79 Å². The van der Waals surface area contributed by atoms with E-state index in [0.717, 1.165) is 61.0 Å². The molecular weight excluding hydrogens is 438 g/mol. The second-order valence-corrected chi connectivity index (χ2v) is 9.74. The monoisotopic (exact) mass is 471 g/mol. The summed E-state index contributed by atoms with van der Waals surface area (Å²) in [5.74, 6) is -0.0434. The molecule has 0 radical (unpaired) electrons. The van der Waals surface area contributed by atoms with Crippen molar-refractivity contribution >= 4 is 11.8 Å². The third-order valence-electron chi connectivity index (χ3n) is 7.29. The first-order valence-electron chi connectivity index (χ1n) is 12.8. The van der Waals surface area contributed by atoms with Crippen LogP contribution in [-0.4, -0.2) is 17.9 Å². The minimum Gasteiger partial charge on any atom is -0.489 e. The maximum absolute atomic E-state index is 13.6. The highest BCUT2D eigenvalue weighted by Gasteiger charge is 2.40. The second-order valence-electron chi connectivity index (χ2n) is 9.74. The average molecular weight is 472 g/mol. The van der Waals surface area contributed by atoms with Crippen LogP contribution in [0.15, 0.2) is 77.1 Å². The molecule has 35 heavy (non-hydrogen) atoms. The van der Waals surface area contributed by atoms with Crippen molar-refractivity contribution < 1.29 is 19.1 Å². The molecule has 0 bridgehead atoms. The van der Waals surface area contributed by atoms with Crippen molar-refractivity contribution in [3.63, 3.8) is 0 Å². The number of ketones is 1. The summed E-state index contributed by atoms with van der Waals surface area (Å²) < 4.78 is 12.3. The maximum atomic E-state index is 13.6. The van der Waals surface area contributed by atoms with Crippen LogP contribution in [0.1, 0.15) is 75.3 Å². The van der Waals surface area contributed by atoms with Gasteiger partial charge in [0.15, 0.2) is 5.78 Å². The SMILES string of the molecule is CC1=C(C(=O)OC2CCCCC2)[C@@H](c2ccccc2OCc2ccccc2)C2=C(CCCC2=O)N1. The second kappa shape index (κ2) is 10.5. The number of nitrogens with one attached hydrogen (secondary N) is 1. The van der Waals surface area contributed by atoms with E-state index in [2.05, 4.69) is 5.32 Å². The van der Waals surface area contributed by atoms with Gasteiger partial charge in [0.25, 0.3) is 0 Å². The Balaban J connectivity index is 1.52. The fraction of sp³-hybridized carbons (Fsp3) is 0.400. The summed E-state index contributed by atoms with van der Waals surface area (Å²) in [6.07, 6.45) is 7.22. The Bertz CT molecular complexity index is 1160. The molecule has 2 aliphatic carbocycles. The summed E-state index contributed by atoms with van der Waals surface area (Å²) in [4.78, 5) is 26.9. The number of para-hydroxylation sites is 1. The van der Waals surface area contributed by atoms with Gasteiger partial charge in [-0.15, -0.1) is 0 Å². The number of rotatable bonds is 6. The summed E-state index contributed by atoms with van der Waals surface area (Å²) >= 11 is 0. The van der Waals surface area contributed by atoms with Gasteiger partial charge < -0.3 is 14.8 Å². The van der Waals surface area contributed by atoms with Crippen LogP contribution in [-0.2, 0) is 20.9 Å². The van der Waals surface area contributed by atoms with Crippen LogP contribution >= 0.6 is 0 Å². The third-order valence-corrected chi connectivity index (χ3v) is 7.29. The molecule has 2 aromatic carbocycles. The molecule has 1 fully saturated rings. The van der Waals surface area contributed by atoms with Crippen molar-refractivity contribution in [3.8, 4) is 5.75 Å². The number of allylic oxidation sites excluding steroid dienone is 3. The first kappa shape index (κ1) is 23.4. The predicted octanol–water partition coefficient (Wildman–Crippen LogP) is 6.11. The van der Waals surface area contributed by atoms with Gasteiger partial charge in [-0.1, -0.05) is 55.0 Å². The molecule has 1 aliphatic heterocycles. The van der Waals surface area contributed by atoms with Crippen molar-refractivity contribution in [3.05, 3.63) is 88.3 Å². The van der Waals surface area contributed by atoms with Gasteiger partial charge in [0.2, 0.25) is 0 Å². The molecule has 0 saturated heterocycles. The summed E-state index contributed by atoms with van der Waals surface area (Å²) in [5.41, 5.74) is 4.80. The quantitative estimate of drug-likeness (QED) is 0.515. The average Bonchev–Trinajstić information content (AvgIpc) is 2.88. The molecule has 0 unspecified atom stereocenters. The van der Waals surface area contributed by atoms with Crippen LogP contribution in [0, 0.1) is 0 Å². The van der Waals surface area contributed by atoms with Gasteiger partial charge in [0.1, 0.15) is 18.5 Å². The first-order valence-corrected chi connectivity index (χ1v) is 12.8. The van der Waals surface area contributed by atoms with Crippen LogP contribution in [0.2, 0.25) is 0 Å². The minimum atomic E-state index is -0.498. The van der Waals surface area contributed by atoms with E-state index in [1.165, 1.54) is 6.42 Å². The number of benzene rings is 2. The van der Waals surface area contributed by atoms with Gasteiger partial charge in [-0.05, 0) is 57.1 Å². The predicted molar refractivity (Wildman–Crippen MR) is 135 cm³/mol. The number of carbonyl (C=O) groups is 2. The molecule has 1 saturated carbocycles. The fourth-order valence-corrected chi connectivity index (χ4v) is 5.55. The summed E-state index contributed by atoms with van der Waals surface area (Å²) in [5, 5.41) is 3.39. The smallest absolute Gasteiger partial charge is 0.337 e. The van der Waals surface area contributed by atoms with Gasteiger partial charge in [0.05, 0.1) is 11.5 Å². The van der Waals surface area contributed by atoms with Crippen molar-refractivity contribution in [2.45, 2.75) is 76.9 Å². The maximum Gasteiger partial charge on any atom is 0.337 e. The van der Waals surface area contributed by atoms with Crippen molar-refractivity contribution in [1.82, 2.24) is 5.32 Å². The standard InChI is InChI=1S/C30H33NO4/c1-20-27(30(33)35-22-13-6-3-7-14-22)28(29-24(31-20)16-10-17-25(29)32)23-15-8-9-18-26(23)34-19-21-11-4-2-5-12-21/h2,4-5,8-9,11-12,15,18,22,28,31H,3,6-7,10,13-14,16-17,19H2,1H3/t28-/m1/s1. The van der Waals surface area contributed by atoms with E-state index in [0.29, 0.717) is 29.9 Å². The Kier molecular flexibility index (Phi) is 7.03. The molecule has 182 valence electrons. The molecule has 5 heteroatoms. The topological polar surface area (TPSA) is 64.6 Å². The fourth-order valence-electron chi connectivity index (χ4n) is 5.55. The molecule has 1 heterocycles. The van der Waals surface area contributed by atoms with E-state index in [-0.39, 0.29) is 17.9 Å². The van der Waals surface area contributed by atoms with Gasteiger partial charge >= 0.3 is 5.97 Å². The molecule has 2 aromatic rings. The number of Topliss-reactive ketones (excluding diaryl/α,β-unsaturated/α-hetero) is 1. The lowest BCUT2D eigenvalue weighted by Gasteiger charge is -2.35. The summed E-state index contributed by atoms with van der Waals surface area (Å²) in [6.45, 7) is 2.33. The van der Waals surface area contributed by atoms with Crippen molar-refractivity contribution in [1.29, 1.82) is 0 Å². The van der Waals surface area contributed by atoms with E-state index in [4.69, 9.17) is 9.47 Å². The largest absolute Gasteiger partial charge is 0.489 e. The van der Waals surface area contributed by atoms with Crippen LogP contribution in [0.3, 0.4) is 0 Å². The number of dihydropyridines is 1. The zero-order valence-electron chi connectivity index (χ0n) is 20.3. The first-order chi connectivity index (χ1) is 17.1. The lowest BCUT2D eigenvalue weighted by atomic mass is 9.75. The Labute approximate surface area is 207 Å². The van der Waals surface area contributed by atoms with Gasteiger partial charge in [-0.3, -0.25) is 4.79 Å². The minimum absolute atomic E-state index is 0.0563. The van der Waals surface area contributed by atoms with Crippen LogP contribution < -0.4 is 10.1 Å². The highest BCUT2D eigenvalue weighted by Crippen LogP contribution is 2.45. The molecular formula is C30H33NO4. The van der Waals surface area contributed by atoms with E-state index < -0.39 is 5.92 Å². The van der Waals surface area contributed by atoms with Crippen LogP contribution in [0.5, 0.6) is 5.75 Å². The van der Waals surface area contributed by atoms with Gasteiger partial charge in [0, 0.05) is 29.0 Å². The number of esters is 1. The Morgan fingerprint density at radius 1 is 0.943 bits per heavy atom. The van der Waals surface area contributed by atoms with Crippen molar-refractivity contribution in [2.75, 3.05) is 0 Å². The summed E-state index contributed by atoms with van der Waals surface area (Å²) in [7, 11) is 0. The third kappa shape index (κ3) is 5.04. The molecule has 5 rings (SSSR count). The Hall–Kier alpha value is -3.34. The molecule has 0 amide bonds. The van der Waals surface area contributed by atoms with E-state index in [9.17, 15) is 9.59 Å². The zero-order valence-corrected chi connectivity index (χ0v) is 20.3. The lowest BCUT2D eigenvalue weighted by molar-refractivity contribution is -0.146. The number of hydrogen-bond acceptors (Lipinski definition) is 5. The normalized spacial score (nSPS) is 20.8. The van der Waals surface area contributed by atoms with E-state index in [1.54, 1.807) is 0 Å². The molecule has 1 atom stereocenters. The Morgan fingerprint density at radius 2 is 1.69 bits per heavy atom. The van der Waals surface area contributed by atoms with Gasteiger partial charge in [-0.2, -0.15) is 0 Å². The number of hydrogen-bond donors (Lipinski definition) is 1. The summed E-state index contributed by atoms with van der Waals surface area (Å²) in [6, 6.07) is 17.8. The molecule has 0 aromatic heterocycles.